The molecule has 2 aromatic rings. The third-order valence-electron chi connectivity index (χ3n) is 2.68. The Morgan fingerprint density at radius 1 is 1.05 bits per heavy atom. The highest BCUT2D eigenvalue weighted by Gasteiger charge is 2.11. The molecule has 4 N–H and O–H groups in total. The first-order valence-corrected chi connectivity index (χ1v) is 6.99. The summed E-state index contributed by atoms with van der Waals surface area (Å²) < 4.78 is 0.659. The number of anilines is 3. The fourth-order valence-electron chi connectivity index (χ4n) is 1.79. The number of rotatable bonds is 3. The van der Waals surface area contributed by atoms with Crippen LogP contribution >= 0.6 is 15.9 Å². The maximum atomic E-state index is 12.2. The summed E-state index contributed by atoms with van der Waals surface area (Å²) >= 11 is 3.32. The van der Waals surface area contributed by atoms with E-state index in [-0.39, 0.29) is 11.8 Å². The molecule has 0 spiro atoms. The minimum Gasteiger partial charge on any atom is -0.399 e. The fraction of sp³-hybridized carbons (Fsp3) is 0.0667. The lowest BCUT2D eigenvalue weighted by molar-refractivity contribution is -0.114. The SMILES string of the molecule is CC(=O)Nc1cccc(NC(=O)c2cc(N)ccc2Br)c1. The largest absolute Gasteiger partial charge is 0.399 e. The molecule has 0 aliphatic carbocycles. The molecule has 0 radical (unpaired) electrons. The van der Waals surface area contributed by atoms with E-state index in [0.29, 0.717) is 27.1 Å². The van der Waals surface area contributed by atoms with Gasteiger partial charge in [0, 0.05) is 28.5 Å². The van der Waals surface area contributed by atoms with Gasteiger partial charge in [-0.15, -0.1) is 0 Å². The van der Waals surface area contributed by atoms with E-state index in [9.17, 15) is 9.59 Å². The second kappa shape index (κ2) is 6.41. The van der Waals surface area contributed by atoms with Gasteiger partial charge < -0.3 is 16.4 Å². The van der Waals surface area contributed by atoms with Crippen LogP contribution in [0.25, 0.3) is 0 Å². The summed E-state index contributed by atoms with van der Waals surface area (Å²) in [4.78, 5) is 23.3. The molecule has 0 aliphatic heterocycles. The molecule has 2 rings (SSSR count). The number of hydrogen-bond donors (Lipinski definition) is 3. The Balaban J connectivity index is 2.19. The summed E-state index contributed by atoms with van der Waals surface area (Å²) in [5.41, 5.74) is 7.84. The molecule has 0 bridgehead atoms. The molecule has 6 heteroatoms. The Morgan fingerprint density at radius 2 is 1.71 bits per heavy atom. The van der Waals surface area contributed by atoms with Gasteiger partial charge in [-0.2, -0.15) is 0 Å². The lowest BCUT2D eigenvalue weighted by atomic mass is 10.2. The Bertz CT molecular complexity index is 701. The third-order valence-corrected chi connectivity index (χ3v) is 3.37. The van der Waals surface area contributed by atoms with Crippen molar-refractivity contribution in [3.05, 3.63) is 52.5 Å². The van der Waals surface area contributed by atoms with E-state index in [2.05, 4.69) is 26.6 Å². The quantitative estimate of drug-likeness (QED) is 0.745. The van der Waals surface area contributed by atoms with Crippen LogP contribution in [0.5, 0.6) is 0 Å². The fourth-order valence-corrected chi connectivity index (χ4v) is 2.22. The topological polar surface area (TPSA) is 84.2 Å². The van der Waals surface area contributed by atoms with Gasteiger partial charge in [-0.3, -0.25) is 9.59 Å². The van der Waals surface area contributed by atoms with Gasteiger partial charge in [0.2, 0.25) is 5.91 Å². The molecule has 21 heavy (non-hydrogen) atoms. The van der Waals surface area contributed by atoms with Crippen LogP contribution in [0.4, 0.5) is 17.1 Å². The van der Waals surface area contributed by atoms with Gasteiger partial charge in [0.1, 0.15) is 0 Å². The van der Waals surface area contributed by atoms with Crippen LogP contribution in [-0.2, 0) is 4.79 Å². The Morgan fingerprint density at radius 3 is 2.38 bits per heavy atom. The van der Waals surface area contributed by atoms with Gasteiger partial charge in [-0.05, 0) is 52.3 Å². The van der Waals surface area contributed by atoms with Crippen molar-refractivity contribution in [1.29, 1.82) is 0 Å². The average molecular weight is 348 g/mol. The zero-order chi connectivity index (χ0) is 15.4. The first-order chi connectivity index (χ1) is 9.95. The number of nitrogens with one attached hydrogen (secondary N) is 2. The molecule has 0 saturated heterocycles. The second-order valence-electron chi connectivity index (χ2n) is 4.46. The molecule has 5 nitrogen and oxygen atoms in total. The van der Waals surface area contributed by atoms with Crippen LogP contribution in [-0.4, -0.2) is 11.8 Å². The Kier molecular flexibility index (Phi) is 4.59. The van der Waals surface area contributed by atoms with E-state index in [1.54, 1.807) is 42.5 Å². The van der Waals surface area contributed by atoms with E-state index in [0.717, 1.165) is 0 Å². The standard InChI is InChI=1S/C15H14BrN3O2/c1-9(20)18-11-3-2-4-12(8-11)19-15(21)13-7-10(17)5-6-14(13)16/h2-8H,17H2,1H3,(H,18,20)(H,19,21). The van der Waals surface area contributed by atoms with Gasteiger partial charge in [0.15, 0.2) is 0 Å². The van der Waals surface area contributed by atoms with Gasteiger partial charge in [-0.1, -0.05) is 6.07 Å². The van der Waals surface area contributed by atoms with E-state index < -0.39 is 0 Å². The van der Waals surface area contributed by atoms with Crippen LogP contribution in [0.15, 0.2) is 46.9 Å². The molecule has 0 saturated carbocycles. The number of amides is 2. The number of nitrogen functional groups attached to an aromatic ring is 1. The molecule has 0 atom stereocenters. The molecule has 0 aromatic heterocycles. The van der Waals surface area contributed by atoms with E-state index in [1.165, 1.54) is 6.92 Å². The van der Waals surface area contributed by atoms with Crippen LogP contribution in [0.2, 0.25) is 0 Å². The summed E-state index contributed by atoms with van der Waals surface area (Å²) in [5.74, 6) is -0.453. The lowest BCUT2D eigenvalue weighted by Gasteiger charge is -2.09. The molecule has 0 heterocycles. The minimum atomic E-state index is -0.283. The van der Waals surface area contributed by atoms with Crippen LogP contribution in [0.3, 0.4) is 0 Å². The molecular formula is C15H14BrN3O2. The van der Waals surface area contributed by atoms with E-state index in [4.69, 9.17) is 5.73 Å². The average Bonchev–Trinajstić information content (AvgIpc) is 2.41. The van der Waals surface area contributed by atoms with Crippen molar-refractivity contribution in [1.82, 2.24) is 0 Å². The highest BCUT2D eigenvalue weighted by Crippen LogP contribution is 2.22. The molecule has 0 fully saturated rings. The smallest absolute Gasteiger partial charge is 0.256 e. The maximum Gasteiger partial charge on any atom is 0.256 e. The lowest BCUT2D eigenvalue weighted by Crippen LogP contribution is -2.13. The normalized spacial score (nSPS) is 10.0. The van der Waals surface area contributed by atoms with Crippen molar-refractivity contribution in [3.8, 4) is 0 Å². The van der Waals surface area contributed by atoms with Gasteiger partial charge >= 0.3 is 0 Å². The van der Waals surface area contributed by atoms with Crippen LogP contribution in [0, 0.1) is 0 Å². The van der Waals surface area contributed by atoms with Crippen molar-refractivity contribution in [2.45, 2.75) is 6.92 Å². The number of carbonyl (C=O) groups excluding carboxylic acids is 2. The van der Waals surface area contributed by atoms with Crippen molar-refractivity contribution in [2.75, 3.05) is 16.4 Å². The summed E-state index contributed by atoms with van der Waals surface area (Å²) in [5, 5.41) is 5.42. The molecule has 2 aromatic carbocycles. The van der Waals surface area contributed by atoms with E-state index in [1.807, 2.05) is 0 Å². The van der Waals surface area contributed by atoms with Gasteiger partial charge in [0.25, 0.3) is 5.91 Å². The van der Waals surface area contributed by atoms with Crippen LogP contribution < -0.4 is 16.4 Å². The zero-order valence-electron chi connectivity index (χ0n) is 11.3. The molecule has 0 unspecified atom stereocenters. The summed E-state index contributed by atoms with van der Waals surface area (Å²) in [6, 6.07) is 11.9. The zero-order valence-corrected chi connectivity index (χ0v) is 12.9. The first kappa shape index (κ1) is 15.1. The number of hydrogen-bond acceptors (Lipinski definition) is 3. The van der Waals surface area contributed by atoms with Crippen molar-refractivity contribution in [2.24, 2.45) is 0 Å². The number of carbonyl (C=O) groups is 2. The van der Waals surface area contributed by atoms with Gasteiger partial charge in [0.05, 0.1) is 5.56 Å². The second-order valence-corrected chi connectivity index (χ2v) is 5.31. The van der Waals surface area contributed by atoms with Crippen molar-refractivity contribution in [3.63, 3.8) is 0 Å². The highest BCUT2D eigenvalue weighted by molar-refractivity contribution is 9.10. The summed E-state index contributed by atoms with van der Waals surface area (Å²) in [6.07, 6.45) is 0. The molecule has 2 amide bonds. The number of nitrogens with two attached hydrogens (primary N) is 1. The summed E-state index contributed by atoms with van der Waals surface area (Å²) in [6.45, 7) is 1.43. The monoisotopic (exact) mass is 347 g/mol. The number of halogens is 1. The Labute approximate surface area is 130 Å². The first-order valence-electron chi connectivity index (χ1n) is 6.20. The van der Waals surface area contributed by atoms with Crippen molar-refractivity contribution >= 4 is 44.8 Å². The van der Waals surface area contributed by atoms with Crippen LogP contribution in [0.1, 0.15) is 17.3 Å². The molecular weight excluding hydrogens is 334 g/mol. The highest BCUT2D eigenvalue weighted by atomic mass is 79.9. The molecule has 108 valence electrons. The Hall–Kier alpha value is -2.34. The summed E-state index contributed by atoms with van der Waals surface area (Å²) in [7, 11) is 0. The van der Waals surface area contributed by atoms with Gasteiger partial charge in [-0.25, -0.2) is 0 Å². The molecule has 0 aliphatic rings. The van der Waals surface area contributed by atoms with Crippen molar-refractivity contribution < 1.29 is 9.59 Å². The number of benzene rings is 2. The predicted molar refractivity (Wildman–Crippen MR) is 87.3 cm³/mol. The third kappa shape index (κ3) is 4.06. The predicted octanol–water partition coefficient (Wildman–Crippen LogP) is 3.24. The minimum absolute atomic E-state index is 0.169. The maximum absolute atomic E-state index is 12.2. The van der Waals surface area contributed by atoms with E-state index >= 15 is 0 Å².